The second kappa shape index (κ2) is 4.17. The lowest BCUT2D eigenvalue weighted by Gasteiger charge is -2.22. The highest BCUT2D eigenvalue weighted by Crippen LogP contribution is 2.39. The lowest BCUT2D eigenvalue weighted by atomic mass is 10.1. The van der Waals surface area contributed by atoms with Gasteiger partial charge in [0.15, 0.2) is 0 Å². The number of hydrogen-bond acceptors (Lipinski definition) is 4. The highest BCUT2D eigenvalue weighted by molar-refractivity contribution is 5.70. The molecule has 2 unspecified atom stereocenters. The van der Waals surface area contributed by atoms with Crippen LogP contribution in [0, 0.1) is 5.92 Å². The largest absolute Gasteiger partial charge is 0.508 e. The smallest absolute Gasteiger partial charge is 0.307 e. The van der Waals surface area contributed by atoms with E-state index in [-0.39, 0.29) is 17.7 Å². The zero-order valence-corrected chi connectivity index (χ0v) is 9.87. The van der Waals surface area contributed by atoms with Gasteiger partial charge in [-0.15, -0.1) is 0 Å². The van der Waals surface area contributed by atoms with Gasteiger partial charge in [0, 0.05) is 18.2 Å². The van der Waals surface area contributed by atoms with Crippen LogP contribution >= 0.6 is 0 Å². The van der Waals surface area contributed by atoms with E-state index in [4.69, 9.17) is 9.84 Å². The number of phenols is 1. The first-order valence-electron chi connectivity index (χ1n) is 6.07. The van der Waals surface area contributed by atoms with E-state index in [1.807, 2.05) is 6.07 Å². The molecule has 0 radical (unpaired) electrons. The Labute approximate surface area is 105 Å². The van der Waals surface area contributed by atoms with Crippen LogP contribution in [0.1, 0.15) is 18.0 Å². The molecule has 1 fully saturated rings. The van der Waals surface area contributed by atoms with E-state index in [1.165, 1.54) is 0 Å². The molecule has 0 saturated carbocycles. The molecule has 2 atom stereocenters. The Balaban J connectivity index is 1.79. The molecule has 0 amide bonds. The van der Waals surface area contributed by atoms with Crippen molar-refractivity contribution >= 4 is 5.97 Å². The van der Waals surface area contributed by atoms with E-state index in [1.54, 1.807) is 12.1 Å². The van der Waals surface area contributed by atoms with Crippen LogP contribution in [0.3, 0.4) is 0 Å². The molecule has 0 bridgehead atoms. The summed E-state index contributed by atoms with van der Waals surface area (Å²) in [4.78, 5) is 13.1. The van der Waals surface area contributed by atoms with Crippen LogP contribution in [0.25, 0.3) is 0 Å². The second-order valence-electron chi connectivity index (χ2n) is 4.87. The highest BCUT2D eigenvalue weighted by Gasteiger charge is 2.36. The van der Waals surface area contributed by atoms with Gasteiger partial charge in [0.05, 0.1) is 12.0 Å². The van der Waals surface area contributed by atoms with E-state index < -0.39 is 5.97 Å². The van der Waals surface area contributed by atoms with Gasteiger partial charge in [-0.1, -0.05) is 0 Å². The molecule has 5 heteroatoms. The van der Waals surface area contributed by atoms with E-state index in [9.17, 15) is 9.90 Å². The minimum Gasteiger partial charge on any atom is -0.508 e. The maximum Gasteiger partial charge on any atom is 0.307 e. The Morgan fingerprint density at radius 2 is 2.28 bits per heavy atom. The molecule has 3 rings (SSSR count). The van der Waals surface area contributed by atoms with Gasteiger partial charge in [0.2, 0.25) is 0 Å². The number of aromatic hydroxyl groups is 1. The van der Waals surface area contributed by atoms with Gasteiger partial charge in [0.25, 0.3) is 0 Å². The van der Waals surface area contributed by atoms with Crippen molar-refractivity contribution in [3.8, 4) is 11.5 Å². The molecule has 2 heterocycles. The number of aliphatic carboxylic acids is 1. The Morgan fingerprint density at radius 3 is 3.00 bits per heavy atom. The minimum atomic E-state index is -0.720. The Kier molecular flexibility index (Phi) is 2.63. The van der Waals surface area contributed by atoms with Crippen molar-refractivity contribution in [3.05, 3.63) is 23.8 Å². The number of benzene rings is 1. The van der Waals surface area contributed by atoms with E-state index in [0.717, 1.165) is 12.1 Å². The Morgan fingerprint density at radius 1 is 1.44 bits per heavy atom. The Hall–Kier alpha value is -1.75. The SMILES string of the molecule is O=C(O)C1CCN(C2COc3cc(O)ccc32)C1. The lowest BCUT2D eigenvalue weighted by Crippen LogP contribution is -2.28. The maximum atomic E-state index is 11.0. The van der Waals surface area contributed by atoms with Gasteiger partial charge in [0.1, 0.15) is 18.1 Å². The summed E-state index contributed by atoms with van der Waals surface area (Å²) in [7, 11) is 0. The summed E-state index contributed by atoms with van der Waals surface area (Å²) < 4.78 is 5.55. The van der Waals surface area contributed by atoms with Crippen LogP contribution in [0.2, 0.25) is 0 Å². The fourth-order valence-corrected chi connectivity index (χ4v) is 2.76. The molecule has 0 spiro atoms. The van der Waals surface area contributed by atoms with Gasteiger partial charge >= 0.3 is 5.97 Å². The molecule has 0 aliphatic carbocycles. The number of rotatable bonds is 2. The fourth-order valence-electron chi connectivity index (χ4n) is 2.76. The van der Waals surface area contributed by atoms with Crippen molar-refractivity contribution in [1.82, 2.24) is 4.90 Å². The number of phenolic OH excluding ortho intramolecular Hbond substituents is 1. The van der Waals surface area contributed by atoms with Crippen LogP contribution in [0.5, 0.6) is 11.5 Å². The van der Waals surface area contributed by atoms with E-state index in [2.05, 4.69) is 4.90 Å². The average Bonchev–Trinajstić information content (AvgIpc) is 2.92. The topological polar surface area (TPSA) is 70.0 Å². The zero-order chi connectivity index (χ0) is 12.7. The summed E-state index contributed by atoms with van der Waals surface area (Å²) in [6, 6.07) is 5.23. The quantitative estimate of drug-likeness (QED) is 0.825. The van der Waals surface area contributed by atoms with Gasteiger partial charge in [-0.05, 0) is 25.1 Å². The molecular formula is C13H15NO4. The standard InChI is InChI=1S/C13H15NO4/c15-9-1-2-10-11(7-18-12(10)5-9)14-4-3-8(6-14)13(16)17/h1-2,5,8,11,15H,3-4,6-7H2,(H,16,17). The molecule has 2 aliphatic rings. The van der Waals surface area contributed by atoms with E-state index >= 15 is 0 Å². The molecule has 1 aromatic carbocycles. The second-order valence-corrected chi connectivity index (χ2v) is 4.87. The number of carboxylic acids is 1. The van der Waals surface area contributed by atoms with E-state index in [0.29, 0.717) is 25.3 Å². The molecule has 96 valence electrons. The summed E-state index contributed by atoms with van der Waals surface area (Å²) in [6.45, 7) is 1.89. The van der Waals surface area contributed by atoms with Gasteiger partial charge in [-0.25, -0.2) is 0 Å². The molecule has 1 saturated heterocycles. The van der Waals surface area contributed by atoms with Crippen molar-refractivity contribution < 1.29 is 19.7 Å². The summed E-state index contributed by atoms with van der Waals surface area (Å²) in [5, 5.41) is 18.4. The van der Waals surface area contributed by atoms with Crippen molar-refractivity contribution in [2.75, 3.05) is 19.7 Å². The Bertz CT molecular complexity index is 488. The fraction of sp³-hybridized carbons (Fsp3) is 0.462. The van der Waals surface area contributed by atoms with Crippen molar-refractivity contribution in [2.45, 2.75) is 12.5 Å². The molecule has 18 heavy (non-hydrogen) atoms. The lowest BCUT2D eigenvalue weighted by molar-refractivity contribution is -0.141. The number of hydrogen-bond donors (Lipinski definition) is 2. The number of nitrogens with zero attached hydrogens (tertiary/aromatic N) is 1. The minimum absolute atomic E-state index is 0.116. The molecule has 1 aromatic rings. The molecule has 0 aromatic heterocycles. The molecule has 2 N–H and O–H groups in total. The molecule has 2 aliphatic heterocycles. The van der Waals surface area contributed by atoms with Gasteiger partial charge in [-0.3, -0.25) is 9.69 Å². The average molecular weight is 249 g/mol. The van der Waals surface area contributed by atoms with Crippen LogP contribution < -0.4 is 4.74 Å². The van der Waals surface area contributed by atoms with Crippen LogP contribution in [0.4, 0.5) is 0 Å². The maximum absolute atomic E-state index is 11.0. The predicted molar refractivity (Wildman–Crippen MR) is 63.7 cm³/mol. The third kappa shape index (κ3) is 1.80. The first-order chi connectivity index (χ1) is 8.65. The number of carbonyl (C=O) groups is 1. The monoisotopic (exact) mass is 249 g/mol. The predicted octanol–water partition coefficient (Wildman–Crippen LogP) is 1.23. The molecule has 5 nitrogen and oxygen atoms in total. The van der Waals surface area contributed by atoms with Crippen LogP contribution in [0.15, 0.2) is 18.2 Å². The summed E-state index contributed by atoms with van der Waals surface area (Å²) in [6.07, 6.45) is 0.694. The third-order valence-corrected chi connectivity index (χ3v) is 3.76. The number of ether oxygens (including phenoxy) is 1. The first kappa shape index (κ1) is 11.3. The van der Waals surface area contributed by atoms with Gasteiger partial charge < -0.3 is 14.9 Å². The zero-order valence-electron chi connectivity index (χ0n) is 9.87. The summed E-state index contributed by atoms with van der Waals surface area (Å²) in [5.74, 6) is -0.0912. The van der Waals surface area contributed by atoms with Crippen LogP contribution in [-0.2, 0) is 4.79 Å². The number of likely N-dealkylation sites (tertiary alicyclic amines) is 1. The van der Waals surface area contributed by atoms with Crippen molar-refractivity contribution in [1.29, 1.82) is 0 Å². The van der Waals surface area contributed by atoms with Crippen LogP contribution in [-0.4, -0.2) is 40.8 Å². The third-order valence-electron chi connectivity index (χ3n) is 3.76. The number of carboxylic acid groups (broad SMARTS) is 1. The number of fused-ring (bicyclic) bond motifs is 1. The van der Waals surface area contributed by atoms with Gasteiger partial charge in [-0.2, -0.15) is 0 Å². The highest BCUT2D eigenvalue weighted by atomic mass is 16.5. The first-order valence-corrected chi connectivity index (χ1v) is 6.07. The summed E-state index contributed by atoms with van der Waals surface area (Å²) >= 11 is 0. The van der Waals surface area contributed by atoms with Crippen molar-refractivity contribution in [2.24, 2.45) is 5.92 Å². The molecular weight excluding hydrogens is 234 g/mol. The van der Waals surface area contributed by atoms with Crippen molar-refractivity contribution in [3.63, 3.8) is 0 Å². The normalized spacial score (nSPS) is 26.9. The summed E-state index contributed by atoms with van der Waals surface area (Å²) in [5.41, 5.74) is 1.04.